The summed E-state index contributed by atoms with van der Waals surface area (Å²) in [5.41, 5.74) is 1.44. The molecule has 24 heavy (non-hydrogen) atoms. The molecular formula is C16H15FN6O. The molecule has 0 radical (unpaired) electrons. The van der Waals surface area contributed by atoms with Crippen LogP contribution < -0.4 is 10.2 Å². The lowest BCUT2D eigenvalue weighted by Gasteiger charge is -2.25. The second kappa shape index (κ2) is 5.88. The van der Waals surface area contributed by atoms with Crippen molar-refractivity contribution in [1.82, 2.24) is 19.9 Å². The number of nitrogens with one attached hydrogen (secondary N) is 2. The largest absolute Gasteiger partial charge is 0.343 e. The molecule has 3 aromatic rings. The quantitative estimate of drug-likeness (QED) is 0.770. The van der Waals surface area contributed by atoms with Gasteiger partial charge in [0.25, 0.3) is 0 Å². The van der Waals surface area contributed by atoms with Crippen molar-refractivity contribution >= 4 is 28.6 Å². The molecule has 0 bridgehead atoms. The van der Waals surface area contributed by atoms with Gasteiger partial charge in [-0.15, -0.1) is 0 Å². The molecule has 8 heteroatoms. The Morgan fingerprint density at radius 2 is 2.17 bits per heavy atom. The van der Waals surface area contributed by atoms with Crippen molar-refractivity contribution in [2.45, 2.75) is 18.9 Å². The number of nitrogens with zero attached hydrogens (tertiary/aromatic N) is 4. The molecule has 0 spiro atoms. The van der Waals surface area contributed by atoms with E-state index in [1.165, 1.54) is 12.4 Å². The van der Waals surface area contributed by atoms with Crippen molar-refractivity contribution in [2.24, 2.45) is 0 Å². The minimum Gasteiger partial charge on any atom is -0.343 e. The van der Waals surface area contributed by atoms with Gasteiger partial charge >= 0.3 is 0 Å². The second-order valence-electron chi connectivity index (χ2n) is 5.62. The summed E-state index contributed by atoms with van der Waals surface area (Å²) in [5.74, 6) is -0.0547. The van der Waals surface area contributed by atoms with E-state index in [0.29, 0.717) is 29.9 Å². The molecule has 122 valence electrons. The minimum atomic E-state index is -0.451. The molecule has 1 fully saturated rings. The lowest BCUT2D eigenvalue weighted by molar-refractivity contribution is -0.117. The van der Waals surface area contributed by atoms with Crippen molar-refractivity contribution in [3.63, 3.8) is 0 Å². The van der Waals surface area contributed by atoms with E-state index in [9.17, 15) is 9.18 Å². The average Bonchev–Trinajstić information content (AvgIpc) is 3.25. The average molecular weight is 326 g/mol. The zero-order chi connectivity index (χ0) is 16.5. The molecule has 1 aromatic carbocycles. The Balaban J connectivity index is 1.62. The molecule has 1 amide bonds. The van der Waals surface area contributed by atoms with Gasteiger partial charge in [-0.2, -0.15) is 0 Å². The van der Waals surface area contributed by atoms with Crippen LogP contribution in [0, 0.1) is 5.82 Å². The molecule has 2 aromatic heterocycles. The van der Waals surface area contributed by atoms with E-state index in [4.69, 9.17) is 0 Å². The second-order valence-corrected chi connectivity index (χ2v) is 5.62. The smallest absolute Gasteiger partial charge is 0.247 e. The normalized spacial score (nSPS) is 17.4. The van der Waals surface area contributed by atoms with Crippen LogP contribution in [-0.4, -0.2) is 38.4 Å². The molecule has 0 aliphatic carbocycles. The number of anilines is 2. The Morgan fingerprint density at radius 3 is 3.04 bits per heavy atom. The van der Waals surface area contributed by atoms with Crippen LogP contribution in [0.3, 0.4) is 0 Å². The SMILES string of the molecule is O=C(Nc1ccccc1F)[C@H]1CCCN1c1ncnc2nc[nH]c12. The lowest BCUT2D eigenvalue weighted by Crippen LogP contribution is -2.40. The third-order valence-electron chi connectivity index (χ3n) is 4.16. The van der Waals surface area contributed by atoms with Gasteiger partial charge in [0.15, 0.2) is 11.5 Å². The van der Waals surface area contributed by atoms with Crippen LogP contribution in [0.15, 0.2) is 36.9 Å². The third kappa shape index (κ3) is 2.45. The predicted molar refractivity (Wildman–Crippen MR) is 87.1 cm³/mol. The number of carbonyl (C=O) groups excluding carboxylic acids is 1. The van der Waals surface area contributed by atoms with Gasteiger partial charge in [0.05, 0.1) is 12.0 Å². The molecule has 7 nitrogen and oxygen atoms in total. The van der Waals surface area contributed by atoms with E-state index in [1.807, 2.05) is 4.90 Å². The standard InChI is InChI=1S/C16H15FN6O/c17-10-4-1-2-5-11(10)22-16(24)12-6-3-7-23(12)15-13-14(19-8-18-13)20-9-21-15/h1-2,4-5,8-9,12H,3,6-7H2,(H,22,24)(H,18,19,20,21)/t12-/m1/s1. The van der Waals surface area contributed by atoms with Crippen molar-refractivity contribution < 1.29 is 9.18 Å². The van der Waals surface area contributed by atoms with Crippen LogP contribution in [0.1, 0.15) is 12.8 Å². The topological polar surface area (TPSA) is 86.8 Å². The number of carbonyl (C=O) groups is 1. The van der Waals surface area contributed by atoms with Crippen molar-refractivity contribution in [3.8, 4) is 0 Å². The first-order valence-corrected chi connectivity index (χ1v) is 7.70. The van der Waals surface area contributed by atoms with Crippen LogP contribution in [-0.2, 0) is 4.79 Å². The number of aromatic amines is 1. The minimum absolute atomic E-state index is 0.184. The van der Waals surface area contributed by atoms with Crippen molar-refractivity contribution in [3.05, 3.63) is 42.7 Å². The van der Waals surface area contributed by atoms with Crippen molar-refractivity contribution in [2.75, 3.05) is 16.8 Å². The van der Waals surface area contributed by atoms with Crippen LogP contribution in [0.5, 0.6) is 0 Å². The Kier molecular flexibility index (Phi) is 3.56. The number of fused-ring (bicyclic) bond motifs is 1. The van der Waals surface area contributed by atoms with E-state index >= 15 is 0 Å². The summed E-state index contributed by atoms with van der Waals surface area (Å²) in [4.78, 5) is 30.1. The van der Waals surface area contributed by atoms with Gasteiger partial charge in [0.2, 0.25) is 5.91 Å². The Hall–Kier alpha value is -3.03. The maximum atomic E-state index is 13.8. The van der Waals surface area contributed by atoms with Gasteiger partial charge in [0, 0.05) is 6.54 Å². The molecule has 2 N–H and O–H groups in total. The summed E-state index contributed by atoms with van der Waals surface area (Å²) < 4.78 is 13.8. The fourth-order valence-corrected chi connectivity index (χ4v) is 3.04. The Labute approximate surface area is 136 Å². The van der Waals surface area contributed by atoms with Gasteiger partial charge < -0.3 is 15.2 Å². The predicted octanol–water partition coefficient (Wildman–Crippen LogP) is 2.10. The van der Waals surface area contributed by atoms with Crippen molar-refractivity contribution in [1.29, 1.82) is 0 Å². The molecule has 3 heterocycles. The Morgan fingerprint density at radius 1 is 1.29 bits per heavy atom. The number of benzene rings is 1. The fourth-order valence-electron chi connectivity index (χ4n) is 3.04. The lowest BCUT2D eigenvalue weighted by atomic mass is 10.2. The molecule has 1 aliphatic rings. The summed E-state index contributed by atoms with van der Waals surface area (Å²) in [6.07, 6.45) is 4.52. The number of hydrogen-bond donors (Lipinski definition) is 2. The van der Waals surface area contributed by atoms with E-state index in [1.54, 1.807) is 24.5 Å². The van der Waals surface area contributed by atoms with E-state index in [-0.39, 0.29) is 11.6 Å². The monoisotopic (exact) mass is 326 g/mol. The highest BCUT2D eigenvalue weighted by Gasteiger charge is 2.33. The Bertz CT molecular complexity index is 895. The maximum Gasteiger partial charge on any atom is 0.247 e. The fraction of sp³-hybridized carbons (Fsp3) is 0.250. The summed E-state index contributed by atoms with van der Waals surface area (Å²) in [6, 6.07) is 5.73. The summed E-state index contributed by atoms with van der Waals surface area (Å²) in [7, 11) is 0. The number of aromatic nitrogens is 4. The number of para-hydroxylation sites is 1. The van der Waals surface area contributed by atoms with Crippen LogP contribution in [0.4, 0.5) is 15.9 Å². The third-order valence-corrected chi connectivity index (χ3v) is 4.16. The number of H-pyrrole nitrogens is 1. The molecule has 1 saturated heterocycles. The zero-order valence-corrected chi connectivity index (χ0v) is 12.7. The molecule has 1 atom stereocenters. The van der Waals surface area contributed by atoms with Gasteiger partial charge in [-0.3, -0.25) is 4.79 Å². The van der Waals surface area contributed by atoms with E-state index in [2.05, 4.69) is 25.3 Å². The number of imidazole rings is 1. The van der Waals surface area contributed by atoms with Crippen LogP contribution >= 0.6 is 0 Å². The number of rotatable bonds is 3. The summed E-state index contributed by atoms with van der Waals surface area (Å²) in [6.45, 7) is 0.695. The molecular weight excluding hydrogens is 311 g/mol. The van der Waals surface area contributed by atoms with Crippen LogP contribution in [0.25, 0.3) is 11.2 Å². The number of halogens is 1. The first kappa shape index (κ1) is 14.6. The zero-order valence-electron chi connectivity index (χ0n) is 12.7. The highest BCUT2D eigenvalue weighted by Crippen LogP contribution is 2.28. The van der Waals surface area contributed by atoms with Gasteiger partial charge in [-0.05, 0) is 25.0 Å². The van der Waals surface area contributed by atoms with E-state index < -0.39 is 11.9 Å². The summed E-state index contributed by atoms with van der Waals surface area (Å²) >= 11 is 0. The van der Waals surface area contributed by atoms with Gasteiger partial charge in [-0.25, -0.2) is 19.3 Å². The first-order chi connectivity index (χ1) is 11.7. The molecule has 4 rings (SSSR count). The van der Waals surface area contributed by atoms with Gasteiger partial charge in [0.1, 0.15) is 23.7 Å². The number of amides is 1. The van der Waals surface area contributed by atoms with Gasteiger partial charge in [-0.1, -0.05) is 12.1 Å². The maximum absolute atomic E-state index is 13.8. The molecule has 1 aliphatic heterocycles. The van der Waals surface area contributed by atoms with Crippen LogP contribution in [0.2, 0.25) is 0 Å². The molecule has 0 saturated carbocycles. The highest BCUT2D eigenvalue weighted by atomic mass is 19.1. The van der Waals surface area contributed by atoms with E-state index in [0.717, 1.165) is 6.42 Å². The number of hydrogen-bond acceptors (Lipinski definition) is 5. The highest BCUT2D eigenvalue weighted by molar-refractivity contribution is 5.98. The molecule has 0 unspecified atom stereocenters. The summed E-state index contributed by atoms with van der Waals surface area (Å²) in [5, 5.41) is 2.67. The first-order valence-electron chi connectivity index (χ1n) is 7.70.